The number of hydrogen-bond acceptors (Lipinski definition) is 6. The van der Waals surface area contributed by atoms with E-state index in [-0.39, 0.29) is 6.04 Å². The summed E-state index contributed by atoms with van der Waals surface area (Å²) in [5.74, 6) is 2.73. The summed E-state index contributed by atoms with van der Waals surface area (Å²) in [5.41, 5.74) is 4.84. The zero-order chi connectivity index (χ0) is 23.2. The fraction of sp³-hybridized carbons (Fsp3) is 0.154. The number of halogens is 1. The lowest BCUT2D eigenvalue weighted by Crippen LogP contribution is -2.32. The van der Waals surface area contributed by atoms with Gasteiger partial charge in [-0.1, -0.05) is 41.9 Å². The highest BCUT2D eigenvalue weighted by Gasteiger charge is 2.41. The van der Waals surface area contributed by atoms with Gasteiger partial charge >= 0.3 is 0 Å². The molecule has 2 aliphatic heterocycles. The number of nitrogens with zero attached hydrogens (tertiary/aromatic N) is 3. The zero-order valence-corrected chi connectivity index (χ0v) is 19.3. The van der Waals surface area contributed by atoms with Gasteiger partial charge in [-0.3, -0.25) is 0 Å². The standard InChI is InChI=1S/C26H21ClN4O3/c1-32-20-11-10-16(13-21(20)33-2)25-22-23(18-8-3-4-9-19(18)34-25)30-26-28-14-29-31(26)24(22)15-6-5-7-17(27)12-15/h3-14,24-25H,1-2H3,(H,28,29,30)/t24-,25-/m1/s1. The van der Waals surface area contributed by atoms with Crippen molar-refractivity contribution < 1.29 is 14.2 Å². The molecule has 1 N–H and O–H groups in total. The second-order valence-electron chi connectivity index (χ2n) is 8.05. The fourth-order valence-corrected chi connectivity index (χ4v) is 4.90. The van der Waals surface area contributed by atoms with Gasteiger partial charge in [0.1, 0.15) is 24.2 Å². The number of methoxy groups -OCH3 is 2. The van der Waals surface area contributed by atoms with Gasteiger partial charge in [-0.05, 0) is 42.0 Å². The highest BCUT2D eigenvalue weighted by molar-refractivity contribution is 6.30. The third-order valence-electron chi connectivity index (χ3n) is 6.20. The number of hydrogen-bond donors (Lipinski definition) is 1. The molecular formula is C26H21ClN4O3. The first-order valence-corrected chi connectivity index (χ1v) is 11.2. The molecule has 0 fully saturated rings. The molecule has 8 heteroatoms. The first-order valence-electron chi connectivity index (χ1n) is 10.8. The van der Waals surface area contributed by atoms with E-state index in [2.05, 4.69) is 15.4 Å². The van der Waals surface area contributed by atoms with E-state index in [1.54, 1.807) is 20.5 Å². The molecule has 0 bridgehead atoms. The van der Waals surface area contributed by atoms with Crippen LogP contribution in [0.4, 0.5) is 5.95 Å². The summed E-state index contributed by atoms with van der Waals surface area (Å²) in [4.78, 5) is 4.46. The topological polar surface area (TPSA) is 70.4 Å². The molecule has 3 aromatic carbocycles. The third kappa shape index (κ3) is 3.20. The lowest BCUT2D eigenvalue weighted by atomic mass is 9.84. The lowest BCUT2D eigenvalue weighted by Gasteiger charge is -2.39. The molecule has 7 nitrogen and oxygen atoms in total. The quantitative estimate of drug-likeness (QED) is 0.422. The second kappa shape index (κ2) is 8.11. The second-order valence-corrected chi connectivity index (χ2v) is 8.49. The van der Waals surface area contributed by atoms with Crippen molar-refractivity contribution in [3.63, 3.8) is 0 Å². The summed E-state index contributed by atoms with van der Waals surface area (Å²) in [5, 5.41) is 8.70. The summed E-state index contributed by atoms with van der Waals surface area (Å²) in [6, 6.07) is 21.4. The van der Waals surface area contributed by atoms with E-state index in [9.17, 15) is 0 Å². The van der Waals surface area contributed by atoms with Gasteiger partial charge in [0, 0.05) is 21.7 Å². The largest absolute Gasteiger partial charge is 0.493 e. The van der Waals surface area contributed by atoms with E-state index >= 15 is 0 Å². The smallest absolute Gasteiger partial charge is 0.226 e. The molecule has 0 unspecified atom stereocenters. The Balaban J connectivity index is 1.61. The minimum atomic E-state index is -0.418. The summed E-state index contributed by atoms with van der Waals surface area (Å²) < 4.78 is 19.6. The van der Waals surface area contributed by atoms with Crippen molar-refractivity contribution in [1.82, 2.24) is 14.8 Å². The predicted octanol–water partition coefficient (Wildman–Crippen LogP) is 5.51. The number of para-hydroxylation sites is 1. The Morgan fingerprint density at radius 3 is 2.62 bits per heavy atom. The van der Waals surface area contributed by atoms with Crippen LogP contribution in [-0.2, 0) is 0 Å². The summed E-state index contributed by atoms with van der Waals surface area (Å²) in [6.45, 7) is 0. The lowest BCUT2D eigenvalue weighted by molar-refractivity contribution is 0.222. The van der Waals surface area contributed by atoms with Gasteiger partial charge in [-0.2, -0.15) is 10.1 Å². The number of fused-ring (bicyclic) bond motifs is 3. The molecule has 1 aromatic heterocycles. The maximum atomic E-state index is 6.65. The van der Waals surface area contributed by atoms with Gasteiger partial charge in [0.25, 0.3) is 0 Å². The molecule has 6 rings (SSSR count). The average Bonchev–Trinajstić information content (AvgIpc) is 3.34. The van der Waals surface area contributed by atoms with Gasteiger partial charge in [0.05, 0.1) is 19.9 Å². The Bertz CT molecular complexity index is 1430. The molecule has 2 aliphatic rings. The molecule has 0 radical (unpaired) electrons. The van der Waals surface area contributed by atoms with Crippen molar-refractivity contribution in [2.75, 3.05) is 19.5 Å². The summed E-state index contributed by atoms with van der Waals surface area (Å²) in [6.07, 6.45) is 1.13. The van der Waals surface area contributed by atoms with Crippen molar-refractivity contribution in [2.24, 2.45) is 0 Å². The summed E-state index contributed by atoms with van der Waals surface area (Å²) in [7, 11) is 3.25. The van der Waals surface area contributed by atoms with Gasteiger partial charge in [0.15, 0.2) is 11.5 Å². The Hall–Kier alpha value is -3.97. The molecule has 0 aliphatic carbocycles. The minimum absolute atomic E-state index is 0.279. The highest BCUT2D eigenvalue weighted by Crippen LogP contribution is 2.51. The Labute approximate surface area is 201 Å². The Morgan fingerprint density at radius 2 is 1.79 bits per heavy atom. The molecule has 0 spiro atoms. The van der Waals surface area contributed by atoms with Crippen LogP contribution in [0.25, 0.3) is 5.70 Å². The first-order chi connectivity index (χ1) is 16.7. The van der Waals surface area contributed by atoms with Crippen LogP contribution in [0.15, 0.2) is 78.6 Å². The third-order valence-corrected chi connectivity index (χ3v) is 6.43. The van der Waals surface area contributed by atoms with Crippen LogP contribution in [0, 0.1) is 0 Å². The first kappa shape index (κ1) is 20.6. The van der Waals surface area contributed by atoms with Crippen LogP contribution in [0.5, 0.6) is 17.2 Å². The Kier molecular flexibility index (Phi) is 4.92. The van der Waals surface area contributed by atoms with Crippen molar-refractivity contribution in [1.29, 1.82) is 0 Å². The van der Waals surface area contributed by atoms with E-state index in [1.165, 1.54) is 0 Å². The van der Waals surface area contributed by atoms with Crippen LogP contribution < -0.4 is 19.5 Å². The van der Waals surface area contributed by atoms with Crippen molar-refractivity contribution in [2.45, 2.75) is 12.1 Å². The number of ether oxygens (including phenoxy) is 3. The van der Waals surface area contributed by atoms with Gasteiger partial charge in [0.2, 0.25) is 5.95 Å². The number of nitrogens with one attached hydrogen (secondary N) is 1. The normalized spacial score (nSPS) is 18.2. The van der Waals surface area contributed by atoms with Crippen molar-refractivity contribution in [3.8, 4) is 17.2 Å². The number of rotatable bonds is 4. The number of aromatic nitrogens is 3. The monoisotopic (exact) mass is 472 g/mol. The average molecular weight is 473 g/mol. The van der Waals surface area contributed by atoms with Gasteiger partial charge in [-0.15, -0.1) is 0 Å². The number of anilines is 1. The highest BCUT2D eigenvalue weighted by atomic mass is 35.5. The molecular weight excluding hydrogens is 452 g/mol. The molecule has 0 saturated heterocycles. The molecule has 3 heterocycles. The number of benzene rings is 3. The van der Waals surface area contributed by atoms with Gasteiger partial charge < -0.3 is 19.5 Å². The molecule has 170 valence electrons. The maximum absolute atomic E-state index is 6.65. The summed E-state index contributed by atoms with van der Waals surface area (Å²) >= 11 is 6.41. The molecule has 2 atom stereocenters. The molecule has 0 amide bonds. The van der Waals surface area contributed by atoms with Crippen LogP contribution in [0.1, 0.15) is 28.8 Å². The van der Waals surface area contributed by atoms with Crippen molar-refractivity contribution in [3.05, 3.63) is 100 Å². The Morgan fingerprint density at radius 1 is 0.941 bits per heavy atom. The van der Waals surface area contributed by atoms with E-state index in [0.29, 0.717) is 22.5 Å². The van der Waals surface area contributed by atoms with E-state index in [0.717, 1.165) is 33.7 Å². The van der Waals surface area contributed by atoms with E-state index in [4.69, 9.17) is 25.8 Å². The van der Waals surface area contributed by atoms with Crippen LogP contribution in [0.3, 0.4) is 0 Å². The zero-order valence-electron chi connectivity index (χ0n) is 18.5. The molecule has 0 saturated carbocycles. The minimum Gasteiger partial charge on any atom is -0.493 e. The van der Waals surface area contributed by atoms with Crippen LogP contribution >= 0.6 is 11.6 Å². The molecule has 4 aromatic rings. The van der Waals surface area contributed by atoms with Crippen LogP contribution in [-0.4, -0.2) is 29.0 Å². The molecule has 34 heavy (non-hydrogen) atoms. The van der Waals surface area contributed by atoms with Gasteiger partial charge in [-0.25, -0.2) is 4.68 Å². The van der Waals surface area contributed by atoms with Crippen LogP contribution in [0.2, 0.25) is 5.02 Å². The van der Waals surface area contributed by atoms with E-state index in [1.807, 2.05) is 71.4 Å². The maximum Gasteiger partial charge on any atom is 0.226 e. The fourth-order valence-electron chi connectivity index (χ4n) is 4.71. The predicted molar refractivity (Wildman–Crippen MR) is 130 cm³/mol. The SMILES string of the molecule is COc1ccc([C@H]2Oc3ccccc3C3=C2[C@@H](c2cccc(Cl)c2)n2ncnc2N3)cc1OC. The van der Waals surface area contributed by atoms with E-state index < -0.39 is 6.10 Å². The van der Waals surface area contributed by atoms with Crippen molar-refractivity contribution >= 4 is 23.2 Å².